The molecule has 1 aromatic carbocycles. The van der Waals surface area contributed by atoms with Crippen LogP contribution in [0.2, 0.25) is 5.02 Å². The SMILES string of the molecule is CCOc1cc(Cl)c(/C=C2/SC(=O)N(CC(=O)O)C2=O)cc1OCC. The number of nitrogens with zero attached hydrogens (tertiary/aromatic N) is 1. The number of ether oxygens (including phenoxy) is 2. The van der Waals surface area contributed by atoms with Gasteiger partial charge in [0.05, 0.1) is 23.1 Å². The van der Waals surface area contributed by atoms with Crippen LogP contribution in [0.5, 0.6) is 11.5 Å². The minimum atomic E-state index is -1.26. The zero-order chi connectivity index (χ0) is 18.6. The van der Waals surface area contributed by atoms with Crippen molar-refractivity contribution < 1.29 is 29.0 Å². The molecule has 1 N–H and O–H groups in total. The van der Waals surface area contributed by atoms with Crippen molar-refractivity contribution in [1.82, 2.24) is 4.90 Å². The molecule has 0 aromatic heterocycles. The van der Waals surface area contributed by atoms with Crippen molar-refractivity contribution in [3.8, 4) is 11.5 Å². The van der Waals surface area contributed by atoms with Crippen LogP contribution in [0.4, 0.5) is 4.79 Å². The van der Waals surface area contributed by atoms with Gasteiger partial charge in [0.1, 0.15) is 6.54 Å². The van der Waals surface area contributed by atoms with Crippen LogP contribution in [0.1, 0.15) is 19.4 Å². The standard InChI is InChI=1S/C16H16ClNO6S/c1-3-23-11-5-9(10(17)7-12(11)24-4-2)6-13-15(21)18(8-14(19)20)16(22)25-13/h5-7H,3-4,8H2,1-2H3,(H,19,20)/b13-6+. The van der Waals surface area contributed by atoms with Crippen LogP contribution in [0.15, 0.2) is 17.0 Å². The first kappa shape index (κ1) is 19.1. The van der Waals surface area contributed by atoms with Crippen molar-refractivity contribution in [2.45, 2.75) is 13.8 Å². The molecule has 0 unspecified atom stereocenters. The second-order valence-electron chi connectivity index (χ2n) is 4.85. The number of amides is 2. The summed E-state index contributed by atoms with van der Waals surface area (Å²) in [6.07, 6.45) is 1.44. The molecule has 2 rings (SSSR count). The van der Waals surface area contributed by atoms with Crippen molar-refractivity contribution in [1.29, 1.82) is 0 Å². The van der Waals surface area contributed by atoms with Gasteiger partial charge in [-0.15, -0.1) is 0 Å². The molecule has 7 nitrogen and oxygen atoms in total. The lowest BCUT2D eigenvalue weighted by Gasteiger charge is -2.13. The molecular weight excluding hydrogens is 370 g/mol. The number of halogens is 1. The highest BCUT2D eigenvalue weighted by molar-refractivity contribution is 8.18. The number of hydrogen-bond acceptors (Lipinski definition) is 6. The van der Waals surface area contributed by atoms with E-state index in [1.807, 2.05) is 13.8 Å². The lowest BCUT2D eigenvalue weighted by molar-refractivity contribution is -0.140. The molecule has 0 radical (unpaired) electrons. The molecule has 1 saturated heterocycles. The summed E-state index contributed by atoms with van der Waals surface area (Å²) in [4.78, 5) is 35.5. The maximum atomic E-state index is 12.2. The van der Waals surface area contributed by atoms with Gasteiger partial charge in [0, 0.05) is 6.07 Å². The number of carboxylic acids is 1. The summed E-state index contributed by atoms with van der Waals surface area (Å²) in [7, 11) is 0. The van der Waals surface area contributed by atoms with Crippen LogP contribution in [0.3, 0.4) is 0 Å². The Hall–Kier alpha value is -2.19. The Balaban J connectivity index is 2.37. The number of benzene rings is 1. The number of hydrogen-bond donors (Lipinski definition) is 1. The summed E-state index contributed by atoms with van der Waals surface area (Å²) < 4.78 is 11.0. The molecular formula is C16H16ClNO6S. The number of thioether (sulfide) groups is 1. The smallest absolute Gasteiger partial charge is 0.323 e. The van der Waals surface area contributed by atoms with E-state index in [-0.39, 0.29) is 4.91 Å². The van der Waals surface area contributed by atoms with E-state index in [0.29, 0.717) is 52.0 Å². The van der Waals surface area contributed by atoms with E-state index >= 15 is 0 Å². The second kappa shape index (κ2) is 8.26. The maximum Gasteiger partial charge on any atom is 0.323 e. The van der Waals surface area contributed by atoms with E-state index in [1.165, 1.54) is 6.08 Å². The van der Waals surface area contributed by atoms with E-state index in [9.17, 15) is 14.4 Å². The van der Waals surface area contributed by atoms with Crippen molar-refractivity contribution in [2.24, 2.45) is 0 Å². The van der Waals surface area contributed by atoms with Crippen LogP contribution >= 0.6 is 23.4 Å². The molecule has 0 spiro atoms. The molecule has 1 aliphatic rings. The zero-order valence-corrected chi connectivity index (χ0v) is 15.1. The molecule has 134 valence electrons. The van der Waals surface area contributed by atoms with E-state index in [1.54, 1.807) is 12.1 Å². The summed E-state index contributed by atoms with van der Waals surface area (Å²) >= 11 is 6.89. The van der Waals surface area contributed by atoms with E-state index < -0.39 is 23.7 Å². The number of aliphatic carboxylic acids is 1. The quantitative estimate of drug-likeness (QED) is 0.720. The zero-order valence-electron chi connectivity index (χ0n) is 13.6. The minimum Gasteiger partial charge on any atom is -0.490 e. The first-order chi connectivity index (χ1) is 11.9. The molecule has 25 heavy (non-hydrogen) atoms. The fraction of sp³-hybridized carbons (Fsp3) is 0.312. The normalized spacial score (nSPS) is 15.8. The summed E-state index contributed by atoms with van der Waals surface area (Å²) in [5.74, 6) is -0.989. The first-order valence-electron chi connectivity index (χ1n) is 7.43. The monoisotopic (exact) mass is 385 g/mol. The lowest BCUT2D eigenvalue weighted by atomic mass is 10.1. The Morgan fingerprint density at radius 2 is 1.84 bits per heavy atom. The van der Waals surface area contributed by atoms with Crippen LogP contribution in [0, 0.1) is 0 Å². The molecule has 9 heteroatoms. The predicted molar refractivity (Wildman–Crippen MR) is 94.1 cm³/mol. The Morgan fingerprint density at radius 1 is 1.24 bits per heavy atom. The van der Waals surface area contributed by atoms with Gasteiger partial charge in [0.25, 0.3) is 11.1 Å². The second-order valence-corrected chi connectivity index (χ2v) is 6.25. The molecule has 1 aromatic rings. The summed E-state index contributed by atoms with van der Waals surface area (Å²) in [5.41, 5.74) is 0.467. The van der Waals surface area contributed by atoms with E-state index in [4.69, 9.17) is 26.2 Å². The average molecular weight is 386 g/mol. The summed E-state index contributed by atoms with van der Waals surface area (Å²) in [6, 6.07) is 3.19. The van der Waals surface area contributed by atoms with Crippen LogP contribution in [-0.2, 0) is 9.59 Å². The number of carboxylic acid groups (broad SMARTS) is 1. The van der Waals surface area contributed by atoms with Crippen LogP contribution in [-0.4, -0.2) is 46.9 Å². The Morgan fingerprint density at radius 3 is 2.40 bits per heavy atom. The molecule has 1 aliphatic heterocycles. The van der Waals surface area contributed by atoms with Gasteiger partial charge in [0.15, 0.2) is 11.5 Å². The summed E-state index contributed by atoms with van der Waals surface area (Å²) in [5, 5.41) is 8.46. The molecule has 0 saturated carbocycles. The number of rotatable bonds is 7. The Bertz CT molecular complexity index is 748. The predicted octanol–water partition coefficient (Wildman–Crippen LogP) is 3.26. The number of carbonyl (C=O) groups excluding carboxylic acids is 2. The van der Waals surface area contributed by atoms with Gasteiger partial charge in [0.2, 0.25) is 0 Å². The highest BCUT2D eigenvalue weighted by Gasteiger charge is 2.36. The van der Waals surface area contributed by atoms with E-state index in [2.05, 4.69) is 0 Å². The Labute approximate surface area is 153 Å². The molecule has 0 atom stereocenters. The fourth-order valence-corrected chi connectivity index (χ4v) is 3.15. The third-order valence-electron chi connectivity index (χ3n) is 3.12. The van der Waals surface area contributed by atoms with Gasteiger partial charge in [-0.05, 0) is 43.3 Å². The Kier molecular flexibility index (Phi) is 6.33. The molecule has 2 amide bonds. The van der Waals surface area contributed by atoms with Gasteiger partial charge < -0.3 is 14.6 Å². The van der Waals surface area contributed by atoms with Gasteiger partial charge >= 0.3 is 5.97 Å². The maximum absolute atomic E-state index is 12.2. The number of imide groups is 1. The first-order valence-corrected chi connectivity index (χ1v) is 8.63. The summed E-state index contributed by atoms with van der Waals surface area (Å²) in [6.45, 7) is 3.82. The molecule has 1 heterocycles. The third-order valence-corrected chi connectivity index (χ3v) is 4.35. The van der Waals surface area contributed by atoms with Crippen molar-refractivity contribution >= 4 is 46.6 Å². The largest absolute Gasteiger partial charge is 0.490 e. The van der Waals surface area contributed by atoms with Crippen molar-refractivity contribution in [3.63, 3.8) is 0 Å². The fourth-order valence-electron chi connectivity index (χ4n) is 2.11. The van der Waals surface area contributed by atoms with Gasteiger partial charge in [-0.1, -0.05) is 11.6 Å². The lowest BCUT2D eigenvalue weighted by Crippen LogP contribution is -2.33. The number of carbonyl (C=O) groups is 3. The van der Waals surface area contributed by atoms with Crippen molar-refractivity contribution in [3.05, 3.63) is 27.6 Å². The molecule has 0 bridgehead atoms. The third kappa shape index (κ3) is 4.46. The topological polar surface area (TPSA) is 93.1 Å². The van der Waals surface area contributed by atoms with Crippen LogP contribution in [0.25, 0.3) is 6.08 Å². The van der Waals surface area contributed by atoms with Gasteiger partial charge in [-0.2, -0.15) is 0 Å². The van der Waals surface area contributed by atoms with Gasteiger partial charge in [-0.25, -0.2) is 0 Å². The van der Waals surface area contributed by atoms with E-state index in [0.717, 1.165) is 0 Å². The molecule has 1 fully saturated rings. The molecule has 0 aliphatic carbocycles. The van der Waals surface area contributed by atoms with Crippen LogP contribution < -0.4 is 9.47 Å². The highest BCUT2D eigenvalue weighted by Crippen LogP contribution is 2.38. The average Bonchev–Trinajstić information content (AvgIpc) is 2.79. The van der Waals surface area contributed by atoms with Gasteiger partial charge in [-0.3, -0.25) is 19.3 Å². The van der Waals surface area contributed by atoms with Crippen molar-refractivity contribution in [2.75, 3.05) is 19.8 Å². The minimum absolute atomic E-state index is 0.0970. The highest BCUT2D eigenvalue weighted by atomic mass is 35.5.